The van der Waals surface area contributed by atoms with E-state index < -0.39 is 17.0 Å². The lowest BCUT2D eigenvalue weighted by Crippen LogP contribution is -2.44. The first-order chi connectivity index (χ1) is 15.0. The van der Waals surface area contributed by atoms with Gasteiger partial charge >= 0.3 is 0 Å². The average Bonchev–Trinajstić information content (AvgIpc) is 2.79. The van der Waals surface area contributed by atoms with Gasteiger partial charge in [-0.1, -0.05) is 35.9 Å². The zero-order valence-electron chi connectivity index (χ0n) is 17.7. The summed E-state index contributed by atoms with van der Waals surface area (Å²) in [6.07, 6.45) is 4.58. The van der Waals surface area contributed by atoms with Crippen molar-refractivity contribution in [3.05, 3.63) is 75.3 Å². The topological polar surface area (TPSA) is 67.2 Å². The number of carbonyl (C=O) groups is 1. The van der Waals surface area contributed by atoms with Gasteiger partial charge in [0, 0.05) is 38.9 Å². The molecule has 3 aromatic rings. The number of aromatic nitrogens is 2. The average molecular weight is 420 g/mol. The molecule has 0 amide bonds. The molecule has 7 heteroatoms. The molecule has 1 fully saturated rings. The molecule has 0 aliphatic carbocycles. The smallest absolute Gasteiger partial charge is 0.202 e. The lowest BCUT2D eigenvalue weighted by molar-refractivity contribution is 0.104. The predicted octanol–water partition coefficient (Wildman–Crippen LogP) is 3.17. The van der Waals surface area contributed by atoms with Gasteiger partial charge < -0.3 is 14.8 Å². The van der Waals surface area contributed by atoms with Crippen molar-refractivity contribution in [1.82, 2.24) is 14.9 Å². The van der Waals surface area contributed by atoms with Crippen LogP contribution in [-0.2, 0) is 6.54 Å². The number of anilines is 1. The molecule has 0 spiro atoms. The first-order valence-electron chi connectivity index (χ1n) is 10.5. The fourth-order valence-electron chi connectivity index (χ4n) is 3.73. The molecule has 6 nitrogen and oxygen atoms in total. The Labute approximate surface area is 180 Å². The minimum atomic E-state index is -0.547. The van der Waals surface area contributed by atoms with Crippen LogP contribution >= 0.6 is 0 Å². The number of nitrogens with one attached hydrogen (secondary N) is 1. The summed E-state index contributed by atoms with van der Waals surface area (Å²) in [6.45, 7) is 7.18. The number of ketones is 1. The van der Waals surface area contributed by atoms with Gasteiger partial charge in [-0.15, -0.1) is 0 Å². The Morgan fingerprint density at radius 2 is 1.94 bits per heavy atom. The van der Waals surface area contributed by atoms with Crippen LogP contribution in [0.2, 0.25) is 0 Å². The summed E-state index contributed by atoms with van der Waals surface area (Å²) in [4.78, 5) is 32.2. The monoisotopic (exact) mass is 420 g/mol. The Balaban J connectivity index is 1.75. The largest absolute Gasteiger partial charge is 0.352 e. The summed E-state index contributed by atoms with van der Waals surface area (Å²) in [5.41, 5.74) is 1.88. The SMILES string of the molecule is CCn1cc(C(=O)C=Cc2ccc(C)cc2)c(=O)c2cc(F)c(N3CCNCC3)nc21. The fraction of sp³-hybridized carbons (Fsp3) is 0.292. The number of piperazine rings is 1. The number of fused-ring (bicyclic) bond motifs is 1. The second kappa shape index (κ2) is 8.81. The van der Waals surface area contributed by atoms with E-state index in [2.05, 4.69) is 10.3 Å². The number of rotatable bonds is 5. The number of aryl methyl sites for hydroxylation is 2. The summed E-state index contributed by atoms with van der Waals surface area (Å²) < 4.78 is 16.6. The number of carbonyl (C=O) groups excluding carboxylic acids is 1. The molecular formula is C24H25FN4O2. The van der Waals surface area contributed by atoms with Crippen molar-refractivity contribution in [1.29, 1.82) is 0 Å². The summed E-state index contributed by atoms with van der Waals surface area (Å²) in [7, 11) is 0. The van der Waals surface area contributed by atoms with E-state index in [1.165, 1.54) is 18.3 Å². The zero-order chi connectivity index (χ0) is 22.0. The van der Waals surface area contributed by atoms with E-state index in [9.17, 15) is 14.0 Å². The molecule has 1 aliphatic heterocycles. The van der Waals surface area contributed by atoms with Crippen molar-refractivity contribution in [2.45, 2.75) is 20.4 Å². The van der Waals surface area contributed by atoms with Gasteiger partial charge in [-0.2, -0.15) is 0 Å². The summed E-state index contributed by atoms with van der Waals surface area (Å²) >= 11 is 0. The number of benzene rings is 1. The van der Waals surface area contributed by atoms with E-state index in [0.29, 0.717) is 25.3 Å². The lowest BCUT2D eigenvalue weighted by Gasteiger charge is -2.29. The highest BCUT2D eigenvalue weighted by Crippen LogP contribution is 2.22. The summed E-state index contributed by atoms with van der Waals surface area (Å²) in [6, 6.07) is 8.93. The van der Waals surface area contributed by atoms with Gasteiger partial charge in [0.1, 0.15) is 5.65 Å². The number of pyridine rings is 2. The third-order valence-corrected chi connectivity index (χ3v) is 5.51. The molecule has 0 bridgehead atoms. The Hall–Kier alpha value is -3.32. The minimum absolute atomic E-state index is 0.00818. The van der Waals surface area contributed by atoms with Crippen molar-refractivity contribution in [3.8, 4) is 0 Å². The van der Waals surface area contributed by atoms with Crippen LogP contribution in [-0.4, -0.2) is 41.5 Å². The summed E-state index contributed by atoms with van der Waals surface area (Å²) in [5.74, 6) is -0.718. The molecule has 0 saturated carbocycles. The van der Waals surface area contributed by atoms with E-state index in [0.717, 1.165) is 24.2 Å². The van der Waals surface area contributed by atoms with Crippen LogP contribution < -0.4 is 15.6 Å². The molecule has 1 saturated heterocycles. The maximum absolute atomic E-state index is 14.9. The molecule has 3 heterocycles. The molecule has 0 unspecified atom stereocenters. The second-order valence-corrected chi connectivity index (χ2v) is 7.67. The molecule has 0 atom stereocenters. The first kappa shape index (κ1) is 20.9. The molecule has 4 rings (SSSR count). The van der Waals surface area contributed by atoms with Gasteiger partial charge in [-0.3, -0.25) is 9.59 Å². The van der Waals surface area contributed by atoms with Crippen LogP contribution in [0.4, 0.5) is 10.2 Å². The Bertz CT molecular complexity index is 1210. The fourth-order valence-corrected chi connectivity index (χ4v) is 3.73. The quantitative estimate of drug-likeness (QED) is 0.507. The van der Waals surface area contributed by atoms with E-state index >= 15 is 0 Å². The number of hydrogen-bond acceptors (Lipinski definition) is 5. The highest BCUT2D eigenvalue weighted by atomic mass is 19.1. The Morgan fingerprint density at radius 1 is 1.23 bits per heavy atom. The van der Waals surface area contributed by atoms with Crippen LogP contribution in [0.1, 0.15) is 28.4 Å². The zero-order valence-corrected chi connectivity index (χ0v) is 17.7. The molecular weight excluding hydrogens is 395 g/mol. The summed E-state index contributed by atoms with van der Waals surface area (Å²) in [5, 5.41) is 3.35. The standard InChI is InChI=1S/C24H25FN4O2/c1-3-28-15-19(21(30)9-8-17-6-4-16(2)5-7-17)22(31)18-14-20(25)24(27-23(18)28)29-12-10-26-11-13-29/h4-9,14-15,26H,3,10-13H2,1-2H3. The highest BCUT2D eigenvalue weighted by Gasteiger charge is 2.21. The minimum Gasteiger partial charge on any atom is -0.352 e. The Morgan fingerprint density at radius 3 is 2.61 bits per heavy atom. The number of halogens is 1. The van der Waals surface area contributed by atoms with Crippen LogP contribution in [0.25, 0.3) is 17.1 Å². The second-order valence-electron chi connectivity index (χ2n) is 7.67. The molecule has 1 aromatic carbocycles. The third-order valence-electron chi connectivity index (χ3n) is 5.51. The van der Waals surface area contributed by atoms with E-state index in [-0.39, 0.29) is 16.8 Å². The van der Waals surface area contributed by atoms with E-state index in [1.54, 1.807) is 10.6 Å². The van der Waals surface area contributed by atoms with Crippen LogP contribution in [0, 0.1) is 12.7 Å². The van der Waals surface area contributed by atoms with Crippen molar-refractivity contribution in [3.63, 3.8) is 0 Å². The number of nitrogens with zero attached hydrogens (tertiary/aromatic N) is 3. The van der Waals surface area contributed by atoms with E-state index in [4.69, 9.17) is 0 Å². The van der Waals surface area contributed by atoms with Gasteiger partial charge in [0.25, 0.3) is 0 Å². The van der Waals surface area contributed by atoms with Gasteiger partial charge in [-0.25, -0.2) is 9.37 Å². The van der Waals surface area contributed by atoms with Crippen LogP contribution in [0.3, 0.4) is 0 Å². The lowest BCUT2D eigenvalue weighted by atomic mass is 10.1. The number of hydrogen-bond donors (Lipinski definition) is 1. The molecule has 31 heavy (non-hydrogen) atoms. The van der Waals surface area contributed by atoms with Crippen LogP contribution in [0.15, 0.2) is 47.4 Å². The predicted molar refractivity (Wildman–Crippen MR) is 121 cm³/mol. The molecule has 1 N–H and O–H groups in total. The van der Waals surface area contributed by atoms with E-state index in [1.807, 2.05) is 43.0 Å². The number of allylic oxidation sites excluding steroid dienone is 1. The van der Waals surface area contributed by atoms with Crippen molar-refractivity contribution < 1.29 is 9.18 Å². The molecule has 1 aliphatic rings. The molecule has 160 valence electrons. The maximum Gasteiger partial charge on any atom is 0.202 e. The van der Waals surface area contributed by atoms with Gasteiger partial charge in [0.05, 0.1) is 10.9 Å². The van der Waals surface area contributed by atoms with Crippen molar-refractivity contribution in [2.24, 2.45) is 0 Å². The van der Waals surface area contributed by atoms with Gasteiger partial charge in [0.2, 0.25) is 5.43 Å². The maximum atomic E-state index is 14.9. The first-order valence-corrected chi connectivity index (χ1v) is 10.5. The van der Waals surface area contributed by atoms with Gasteiger partial charge in [-0.05, 0) is 31.6 Å². The highest BCUT2D eigenvalue weighted by molar-refractivity contribution is 6.08. The van der Waals surface area contributed by atoms with Crippen molar-refractivity contribution >= 4 is 28.7 Å². The van der Waals surface area contributed by atoms with Crippen molar-refractivity contribution in [2.75, 3.05) is 31.1 Å². The third kappa shape index (κ3) is 4.27. The normalized spacial score (nSPS) is 14.5. The molecule has 0 radical (unpaired) electrons. The Kier molecular flexibility index (Phi) is 5.95. The van der Waals surface area contributed by atoms with Gasteiger partial charge in [0.15, 0.2) is 17.4 Å². The molecule has 2 aromatic heterocycles. The van der Waals surface area contributed by atoms with Crippen LogP contribution in [0.5, 0.6) is 0 Å².